The highest BCUT2D eigenvalue weighted by Crippen LogP contribution is 2.26. The van der Waals surface area contributed by atoms with Gasteiger partial charge in [0, 0.05) is 23.1 Å². The highest BCUT2D eigenvalue weighted by atomic mass is 16.1. The minimum atomic E-state index is -0.442. The quantitative estimate of drug-likeness (QED) is 0.886. The van der Waals surface area contributed by atoms with Crippen LogP contribution in [0, 0.1) is 6.92 Å². The van der Waals surface area contributed by atoms with Crippen LogP contribution >= 0.6 is 0 Å². The molecule has 0 radical (unpaired) electrons. The molecule has 98 valence electrons. The van der Waals surface area contributed by atoms with Crippen LogP contribution in [0.4, 0.5) is 0 Å². The zero-order chi connectivity index (χ0) is 13.4. The normalized spacial score (nSPS) is 14.2. The maximum Gasteiger partial charge on any atom is 0.269 e. The number of primary amides is 1. The Bertz CT molecular complexity index is 645. The molecule has 0 aliphatic heterocycles. The number of pyridine rings is 1. The molecular weight excluding hydrogens is 240 g/mol. The van der Waals surface area contributed by atoms with E-state index in [0.717, 1.165) is 48.3 Å². The Morgan fingerprint density at radius 2 is 2.16 bits per heavy atom. The van der Waals surface area contributed by atoms with Crippen molar-refractivity contribution in [3.8, 4) is 5.69 Å². The smallest absolute Gasteiger partial charge is 0.269 e. The van der Waals surface area contributed by atoms with Gasteiger partial charge in [-0.3, -0.25) is 9.78 Å². The summed E-state index contributed by atoms with van der Waals surface area (Å²) in [5, 5.41) is 4.42. The van der Waals surface area contributed by atoms with Crippen molar-refractivity contribution < 1.29 is 4.79 Å². The number of hydrogen-bond donors (Lipinski definition) is 1. The van der Waals surface area contributed by atoms with Crippen molar-refractivity contribution in [2.24, 2.45) is 5.73 Å². The summed E-state index contributed by atoms with van der Waals surface area (Å²) in [5.74, 6) is -0.442. The molecule has 0 spiro atoms. The summed E-state index contributed by atoms with van der Waals surface area (Å²) in [5.41, 5.74) is 9.86. The SMILES string of the molecule is Cc1cc(-n2nc(C(N)=O)c3c2CCCC3)ccn1. The lowest BCUT2D eigenvalue weighted by molar-refractivity contribution is 0.0994. The van der Waals surface area contributed by atoms with E-state index < -0.39 is 5.91 Å². The molecule has 0 unspecified atom stereocenters. The number of carbonyl (C=O) groups excluding carboxylic acids is 1. The van der Waals surface area contributed by atoms with E-state index in [-0.39, 0.29) is 0 Å². The van der Waals surface area contributed by atoms with Gasteiger partial charge in [0.25, 0.3) is 5.91 Å². The van der Waals surface area contributed by atoms with Crippen LogP contribution in [0.5, 0.6) is 0 Å². The van der Waals surface area contributed by atoms with Gasteiger partial charge in [-0.25, -0.2) is 4.68 Å². The first kappa shape index (κ1) is 11.9. The first-order valence-corrected chi connectivity index (χ1v) is 6.50. The van der Waals surface area contributed by atoms with E-state index >= 15 is 0 Å². The van der Waals surface area contributed by atoms with Crippen LogP contribution in [-0.4, -0.2) is 20.7 Å². The number of fused-ring (bicyclic) bond motifs is 1. The minimum absolute atomic E-state index is 0.421. The third-order valence-corrected chi connectivity index (χ3v) is 3.54. The molecule has 0 atom stereocenters. The Balaban J connectivity index is 2.19. The van der Waals surface area contributed by atoms with E-state index in [1.807, 2.05) is 23.7 Å². The molecule has 1 aliphatic rings. The minimum Gasteiger partial charge on any atom is -0.364 e. The summed E-state index contributed by atoms with van der Waals surface area (Å²) in [6.07, 6.45) is 5.80. The first-order chi connectivity index (χ1) is 9.16. The maximum absolute atomic E-state index is 11.5. The zero-order valence-corrected chi connectivity index (χ0v) is 10.9. The van der Waals surface area contributed by atoms with E-state index in [0.29, 0.717) is 5.69 Å². The van der Waals surface area contributed by atoms with Crippen LogP contribution in [0.25, 0.3) is 5.69 Å². The molecule has 0 aromatic carbocycles. The lowest BCUT2D eigenvalue weighted by Gasteiger charge is -2.14. The molecular formula is C14H16N4O. The third-order valence-electron chi connectivity index (χ3n) is 3.54. The molecule has 2 aromatic heterocycles. The first-order valence-electron chi connectivity index (χ1n) is 6.50. The maximum atomic E-state index is 11.5. The van der Waals surface area contributed by atoms with Crippen LogP contribution in [0.3, 0.4) is 0 Å². The number of aryl methyl sites for hydroxylation is 1. The lowest BCUT2D eigenvalue weighted by Crippen LogP contribution is -2.15. The van der Waals surface area contributed by atoms with Crippen molar-refractivity contribution in [2.45, 2.75) is 32.6 Å². The number of rotatable bonds is 2. The van der Waals surface area contributed by atoms with E-state index in [9.17, 15) is 4.79 Å². The molecule has 5 heteroatoms. The number of hydrogen-bond acceptors (Lipinski definition) is 3. The van der Waals surface area contributed by atoms with E-state index in [1.165, 1.54) is 0 Å². The van der Waals surface area contributed by atoms with Crippen molar-refractivity contribution in [3.05, 3.63) is 41.0 Å². The molecule has 3 rings (SSSR count). The predicted molar refractivity (Wildman–Crippen MR) is 71.3 cm³/mol. The molecule has 2 aromatic rings. The zero-order valence-electron chi connectivity index (χ0n) is 10.9. The van der Waals surface area contributed by atoms with Gasteiger partial charge in [-0.1, -0.05) is 0 Å². The number of aromatic nitrogens is 3. The number of nitrogens with zero attached hydrogens (tertiary/aromatic N) is 3. The van der Waals surface area contributed by atoms with E-state index in [4.69, 9.17) is 5.73 Å². The molecule has 19 heavy (non-hydrogen) atoms. The number of nitrogens with two attached hydrogens (primary N) is 1. The highest BCUT2D eigenvalue weighted by Gasteiger charge is 2.24. The van der Waals surface area contributed by atoms with Crippen molar-refractivity contribution in [1.29, 1.82) is 0 Å². The average Bonchev–Trinajstić information content (AvgIpc) is 2.78. The van der Waals surface area contributed by atoms with Crippen LogP contribution in [0.2, 0.25) is 0 Å². The Hall–Kier alpha value is -2.17. The van der Waals surface area contributed by atoms with Gasteiger partial charge in [0.05, 0.1) is 5.69 Å². The summed E-state index contributed by atoms with van der Waals surface area (Å²) < 4.78 is 1.85. The van der Waals surface area contributed by atoms with Crippen molar-refractivity contribution >= 4 is 5.91 Å². The molecule has 2 heterocycles. The van der Waals surface area contributed by atoms with Gasteiger partial charge < -0.3 is 5.73 Å². The fraction of sp³-hybridized carbons (Fsp3) is 0.357. The fourth-order valence-corrected chi connectivity index (χ4v) is 2.67. The standard InChI is InChI=1S/C14H16N4O/c1-9-8-10(6-7-16-9)18-12-5-3-2-4-11(12)13(17-18)14(15)19/h6-8H,2-5H2,1H3,(H2,15,19). The molecule has 2 N–H and O–H groups in total. The second kappa shape index (κ2) is 4.50. The second-order valence-corrected chi connectivity index (χ2v) is 4.91. The Morgan fingerprint density at radius 1 is 1.37 bits per heavy atom. The van der Waals surface area contributed by atoms with Gasteiger partial charge in [0.1, 0.15) is 0 Å². The van der Waals surface area contributed by atoms with Crippen molar-refractivity contribution in [1.82, 2.24) is 14.8 Å². The summed E-state index contributed by atoms with van der Waals surface area (Å²) in [6.45, 7) is 1.94. The predicted octanol–water partition coefficient (Wildman–Crippen LogP) is 1.55. The Morgan fingerprint density at radius 3 is 2.89 bits per heavy atom. The summed E-state index contributed by atoms with van der Waals surface area (Å²) in [4.78, 5) is 15.7. The van der Waals surface area contributed by atoms with E-state index in [2.05, 4.69) is 10.1 Å². The Labute approximate surface area is 111 Å². The summed E-state index contributed by atoms with van der Waals surface area (Å²) in [7, 11) is 0. The fourth-order valence-electron chi connectivity index (χ4n) is 2.67. The summed E-state index contributed by atoms with van der Waals surface area (Å²) >= 11 is 0. The molecule has 0 saturated carbocycles. The highest BCUT2D eigenvalue weighted by molar-refractivity contribution is 5.92. The van der Waals surface area contributed by atoms with Gasteiger partial charge >= 0.3 is 0 Å². The van der Waals surface area contributed by atoms with Crippen molar-refractivity contribution in [2.75, 3.05) is 0 Å². The summed E-state index contributed by atoms with van der Waals surface area (Å²) in [6, 6.07) is 3.87. The lowest BCUT2D eigenvalue weighted by atomic mass is 9.95. The van der Waals surface area contributed by atoms with Gasteiger partial charge in [-0.05, 0) is 44.7 Å². The topological polar surface area (TPSA) is 73.8 Å². The molecule has 5 nitrogen and oxygen atoms in total. The Kier molecular flexibility index (Phi) is 2.81. The van der Waals surface area contributed by atoms with Gasteiger partial charge in [-0.15, -0.1) is 0 Å². The van der Waals surface area contributed by atoms with Crippen LogP contribution in [0.15, 0.2) is 18.3 Å². The number of amides is 1. The molecule has 1 amide bonds. The van der Waals surface area contributed by atoms with Crippen molar-refractivity contribution in [3.63, 3.8) is 0 Å². The molecule has 0 saturated heterocycles. The van der Waals surface area contributed by atoms with Gasteiger partial charge in [-0.2, -0.15) is 5.10 Å². The third kappa shape index (κ3) is 2.01. The molecule has 0 bridgehead atoms. The monoisotopic (exact) mass is 256 g/mol. The van der Waals surface area contributed by atoms with Gasteiger partial charge in [0.15, 0.2) is 5.69 Å². The number of carbonyl (C=O) groups is 1. The largest absolute Gasteiger partial charge is 0.364 e. The van der Waals surface area contributed by atoms with E-state index in [1.54, 1.807) is 6.20 Å². The molecule has 1 aliphatic carbocycles. The van der Waals surface area contributed by atoms with Crippen LogP contribution < -0.4 is 5.73 Å². The van der Waals surface area contributed by atoms with Crippen LogP contribution in [-0.2, 0) is 12.8 Å². The van der Waals surface area contributed by atoms with Crippen LogP contribution in [0.1, 0.15) is 40.3 Å². The van der Waals surface area contributed by atoms with Gasteiger partial charge in [0.2, 0.25) is 0 Å². The second-order valence-electron chi connectivity index (χ2n) is 4.91. The molecule has 0 fully saturated rings. The average molecular weight is 256 g/mol.